The molecule has 42 heavy (non-hydrogen) atoms. The number of ether oxygens (including phenoxy) is 1. The summed E-state index contributed by atoms with van der Waals surface area (Å²) in [5, 5.41) is 31.6. The molecule has 0 bridgehead atoms. The predicted octanol–water partition coefficient (Wildman–Crippen LogP) is 2.30. The molecule has 4 aromatic rings. The highest BCUT2D eigenvalue weighted by molar-refractivity contribution is 5.81. The molecular weight excluding hydrogens is 536 g/mol. The Bertz CT molecular complexity index is 1540. The maximum Gasteiger partial charge on any atom is 0.167 e. The average molecular weight is 579 g/mol. The summed E-state index contributed by atoms with van der Waals surface area (Å²) in [6, 6.07) is 6.83. The van der Waals surface area contributed by atoms with Crippen LogP contribution in [-0.4, -0.2) is 93.3 Å². The van der Waals surface area contributed by atoms with Gasteiger partial charge in [0.1, 0.15) is 36.0 Å². The standard InChI is InChI=1S/C30H42N8O4/c1-16(2)37(12-22-25(40)26(41)29(42-22)38-15-34-24-27(31)32-14-33-28(24)38)19-9-17(10-19)5-8-23-35-20-7-6-18(11-21(20)36-23)30(3,4)13-39/h6-7,11,14-17,19,22,25-26,29,39-41H,5,8-10,12-13H2,1-4H3,(H,35,36)(H2,31,32,33)/t17?,19?,22-,25+,26+,29-/m1/s1. The normalized spacial score (nSPS) is 26.6. The Hall–Kier alpha value is -3.16. The van der Waals surface area contributed by atoms with Gasteiger partial charge >= 0.3 is 0 Å². The van der Waals surface area contributed by atoms with Gasteiger partial charge < -0.3 is 30.8 Å². The Morgan fingerprint density at radius 1 is 1.17 bits per heavy atom. The molecule has 1 saturated carbocycles. The minimum absolute atomic E-state index is 0.0927. The second kappa shape index (κ2) is 11.2. The second-order valence-electron chi connectivity index (χ2n) is 12.9. The Labute approximate surface area is 245 Å². The lowest BCUT2D eigenvalue weighted by Gasteiger charge is -2.46. The number of nitrogen functional groups attached to an aromatic ring is 1. The minimum Gasteiger partial charge on any atom is -0.395 e. The van der Waals surface area contributed by atoms with Crippen molar-refractivity contribution in [2.24, 2.45) is 5.92 Å². The number of hydrogen-bond donors (Lipinski definition) is 5. The van der Waals surface area contributed by atoms with E-state index < -0.39 is 24.5 Å². The van der Waals surface area contributed by atoms with Crippen LogP contribution in [0.25, 0.3) is 22.2 Å². The first kappa shape index (κ1) is 28.9. The van der Waals surface area contributed by atoms with Gasteiger partial charge in [-0.1, -0.05) is 19.9 Å². The molecular formula is C30H42N8O4. The Kier molecular flexibility index (Phi) is 7.69. The third kappa shape index (κ3) is 5.26. The molecule has 226 valence electrons. The van der Waals surface area contributed by atoms with Crippen LogP contribution in [0.15, 0.2) is 30.9 Å². The van der Waals surface area contributed by atoms with E-state index in [1.54, 1.807) is 4.57 Å². The molecule has 1 aromatic carbocycles. The number of anilines is 1. The van der Waals surface area contributed by atoms with Crippen molar-refractivity contribution in [1.29, 1.82) is 0 Å². The van der Waals surface area contributed by atoms with Gasteiger partial charge in [0.05, 0.1) is 24.0 Å². The highest BCUT2D eigenvalue weighted by Crippen LogP contribution is 2.38. The van der Waals surface area contributed by atoms with Crippen LogP contribution < -0.4 is 5.73 Å². The highest BCUT2D eigenvalue weighted by Gasteiger charge is 2.46. The molecule has 4 heterocycles. The molecule has 0 spiro atoms. The second-order valence-corrected chi connectivity index (χ2v) is 12.9. The third-order valence-electron chi connectivity index (χ3n) is 9.23. The molecule has 0 amide bonds. The van der Waals surface area contributed by atoms with Crippen LogP contribution in [0.4, 0.5) is 5.82 Å². The number of rotatable bonds is 10. The molecule has 1 aliphatic heterocycles. The highest BCUT2D eigenvalue weighted by atomic mass is 16.6. The van der Waals surface area contributed by atoms with Gasteiger partial charge in [-0.3, -0.25) is 9.47 Å². The molecule has 6 N–H and O–H groups in total. The average Bonchev–Trinajstić information content (AvgIpc) is 3.63. The van der Waals surface area contributed by atoms with Gasteiger partial charge in [0.15, 0.2) is 17.7 Å². The summed E-state index contributed by atoms with van der Waals surface area (Å²) in [6.07, 6.45) is 3.42. The summed E-state index contributed by atoms with van der Waals surface area (Å²) in [6.45, 7) is 9.00. The molecule has 1 saturated heterocycles. The molecule has 1 aliphatic carbocycles. The van der Waals surface area contributed by atoms with Crippen molar-refractivity contribution < 1.29 is 20.1 Å². The first-order valence-electron chi connectivity index (χ1n) is 14.9. The van der Waals surface area contributed by atoms with E-state index in [1.165, 1.54) is 12.7 Å². The fourth-order valence-electron chi connectivity index (χ4n) is 6.40. The largest absolute Gasteiger partial charge is 0.395 e. The summed E-state index contributed by atoms with van der Waals surface area (Å²) in [7, 11) is 0. The molecule has 0 radical (unpaired) electrons. The fourth-order valence-corrected chi connectivity index (χ4v) is 6.40. The van der Waals surface area contributed by atoms with Crippen molar-refractivity contribution in [2.45, 2.75) is 95.4 Å². The van der Waals surface area contributed by atoms with E-state index in [9.17, 15) is 15.3 Å². The first-order chi connectivity index (χ1) is 20.1. The molecule has 6 rings (SSSR count). The number of aliphatic hydroxyl groups is 3. The van der Waals surface area contributed by atoms with Crippen LogP contribution in [0.2, 0.25) is 0 Å². The quantitative estimate of drug-likeness (QED) is 0.188. The van der Waals surface area contributed by atoms with Crippen molar-refractivity contribution in [2.75, 3.05) is 18.9 Å². The van der Waals surface area contributed by atoms with Gasteiger partial charge in [-0.25, -0.2) is 19.9 Å². The Balaban J connectivity index is 1.05. The van der Waals surface area contributed by atoms with E-state index in [0.717, 1.165) is 48.1 Å². The monoisotopic (exact) mass is 578 g/mol. The number of aromatic nitrogens is 6. The van der Waals surface area contributed by atoms with Gasteiger partial charge in [0, 0.05) is 30.5 Å². The number of nitrogens with one attached hydrogen (secondary N) is 1. The first-order valence-corrected chi connectivity index (χ1v) is 14.9. The van der Waals surface area contributed by atoms with Crippen LogP contribution in [-0.2, 0) is 16.6 Å². The molecule has 2 aliphatic rings. The van der Waals surface area contributed by atoms with E-state index in [-0.39, 0.29) is 23.9 Å². The number of H-pyrrole nitrogens is 1. The maximum atomic E-state index is 10.9. The number of aromatic amines is 1. The van der Waals surface area contributed by atoms with Crippen LogP contribution in [0, 0.1) is 5.92 Å². The van der Waals surface area contributed by atoms with Gasteiger partial charge in [-0.05, 0) is 56.7 Å². The summed E-state index contributed by atoms with van der Waals surface area (Å²) >= 11 is 0. The van der Waals surface area contributed by atoms with Crippen LogP contribution >= 0.6 is 0 Å². The topological polar surface area (TPSA) is 171 Å². The van der Waals surface area contributed by atoms with Gasteiger partial charge in [-0.15, -0.1) is 0 Å². The van der Waals surface area contributed by atoms with E-state index in [1.807, 2.05) is 26.0 Å². The predicted molar refractivity (Wildman–Crippen MR) is 159 cm³/mol. The van der Waals surface area contributed by atoms with Crippen molar-refractivity contribution in [3.63, 3.8) is 0 Å². The lowest BCUT2D eigenvalue weighted by Crippen LogP contribution is -2.52. The number of benzene rings is 1. The summed E-state index contributed by atoms with van der Waals surface area (Å²) in [4.78, 5) is 23.2. The number of nitrogens with two attached hydrogens (primary N) is 1. The van der Waals surface area contributed by atoms with E-state index in [0.29, 0.717) is 29.7 Å². The summed E-state index contributed by atoms with van der Waals surface area (Å²) < 4.78 is 7.85. The number of nitrogens with zero attached hydrogens (tertiary/aromatic N) is 6. The number of hydrogen-bond acceptors (Lipinski definition) is 10. The van der Waals surface area contributed by atoms with Crippen molar-refractivity contribution in [3.05, 3.63) is 42.2 Å². The van der Waals surface area contributed by atoms with E-state index in [4.69, 9.17) is 15.5 Å². The Morgan fingerprint density at radius 3 is 2.69 bits per heavy atom. The van der Waals surface area contributed by atoms with Crippen LogP contribution in [0.1, 0.15) is 64.6 Å². The molecule has 12 nitrogen and oxygen atoms in total. The summed E-state index contributed by atoms with van der Waals surface area (Å²) in [5.41, 5.74) is 9.58. The number of aryl methyl sites for hydroxylation is 1. The molecule has 12 heteroatoms. The fraction of sp³-hybridized carbons (Fsp3) is 0.600. The molecule has 3 aromatic heterocycles. The lowest BCUT2D eigenvalue weighted by molar-refractivity contribution is -0.0620. The Morgan fingerprint density at radius 2 is 1.95 bits per heavy atom. The minimum atomic E-state index is -1.12. The zero-order valence-electron chi connectivity index (χ0n) is 24.7. The smallest absolute Gasteiger partial charge is 0.167 e. The zero-order chi connectivity index (χ0) is 29.8. The molecule has 4 atom stereocenters. The third-order valence-corrected chi connectivity index (χ3v) is 9.23. The zero-order valence-corrected chi connectivity index (χ0v) is 24.7. The van der Waals surface area contributed by atoms with E-state index in [2.05, 4.69) is 44.7 Å². The van der Waals surface area contributed by atoms with Crippen molar-refractivity contribution >= 4 is 28.0 Å². The number of fused-ring (bicyclic) bond motifs is 2. The SMILES string of the molecule is CC(C)N(C[C@H]1O[C@@H](n2cnc3c(N)ncnc32)[C@@H](O)[C@H]1O)C1CC(CCc2nc3ccc(C(C)(C)CO)cc3[nH]2)C1. The van der Waals surface area contributed by atoms with Crippen LogP contribution in [0.5, 0.6) is 0 Å². The van der Waals surface area contributed by atoms with E-state index >= 15 is 0 Å². The summed E-state index contributed by atoms with van der Waals surface area (Å²) in [5.74, 6) is 1.85. The van der Waals surface area contributed by atoms with Gasteiger partial charge in [0.2, 0.25) is 0 Å². The number of imidazole rings is 2. The molecule has 2 fully saturated rings. The van der Waals surface area contributed by atoms with Crippen LogP contribution in [0.3, 0.4) is 0 Å². The van der Waals surface area contributed by atoms with Gasteiger partial charge in [0.25, 0.3) is 0 Å². The van der Waals surface area contributed by atoms with Crippen molar-refractivity contribution in [1.82, 2.24) is 34.4 Å². The molecule has 0 unspecified atom stereocenters. The number of aliphatic hydroxyl groups excluding tert-OH is 3. The lowest BCUT2D eigenvalue weighted by atomic mass is 9.76. The van der Waals surface area contributed by atoms with Crippen molar-refractivity contribution in [3.8, 4) is 0 Å². The maximum absolute atomic E-state index is 10.9. The van der Waals surface area contributed by atoms with Gasteiger partial charge in [-0.2, -0.15) is 0 Å².